The minimum atomic E-state index is -0.503. The van der Waals surface area contributed by atoms with Gasteiger partial charge >= 0.3 is 5.97 Å². The fraction of sp³-hybridized carbons (Fsp3) is 0.591. The molecule has 0 unspecified atom stereocenters. The van der Waals surface area contributed by atoms with Crippen LogP contribution in [0.15, 0.2) is 30.4 Å². The van der Waals surface area contributed by atoms with Crippen LogP contribution in [0.3, 0.4) is 0 Å². The number of unbranched alkanes of at least 4 members (excludes halogenated alkanes) is 1. The van der Waals surface area contributed by atoms with Crippen LogP contribution in [-0.2, 0) is 9.53 Å². The summed E-state index contributed by atoms with van der Waals surface area (Å²) < 4.78 is 11.0. The minimum Gasteiger partial charge on any atom is -0.493 e. The Hall–Kier alpha value is -0.940. The zero-order valence-electron chi connectivity index (χ0n) is 16.8. The number of carbonyl (C=O) groups is 1. The van der Waals surface area contributed by atoms with Crippen molar-refractivity contribution >= 4 is 40.8 Å². The summed E-state index contributed by atoms with van der Waals surface area (Å²) in [6, 6.07) is 5.05. The third-order valence-electron chi connectivity index (χ3n) is 4.95. The van der Waals surface area contributed by atoms with E-state index in [1.165, 1.54) is 0 Å². The van der Waals surface area contributed by atoms with E-state index in [1.807, 2.05) is 13.8 Å². The first-order chi connectivity index (χ1) is 13.8. The zero-order chi connectivity index (χ0) is 21.4. The Morgan fingerprint density at radius 1 is 1.21 bits per heavy atom. The summed E-state index contributed by atoms with van der Waals surface area (Å²) in [7, 11) is 0. The smallest absolute Gasteiger partial charge is 0.306 e. The zero-order valence-corrected chi connectivity index (χ0v) is 19.1. The number of halogens is 3. The molecule has 1 N–H and O–H groups in total. The van der Waals surface area contributed by atoms with Crippen LogP contribution in [0.1, 0.15) is 46.0 Å². The number of rotatable bonds is 10. The van der Waals surface area contributed by atoms with E-state index in [4.69, 9.17) is 44.3 Å². The van der Waals surface area contributed by atoms with Crippen LogP contribution in [0, 0.1) is 11.8 Å². The molecule has 0 spiro atoms. The number of aliphatic hydroxyl groups excluding tert-OH is 1. The van der Waals surface area contributed by atoms with Crippen LogP contribution < -0.4 is 4.74 Å². The number of aliphatic hydroxyl groups is 1. The molecule has 162 valence electrons. The van der Waals surface area contributed by atoms with Crippen molar-refractivity contribution in [2.75, 3.05) is 6.61 Å². The Morgan fingerprint density at radius 2 is 1.90 bits per heavy atom. The first kappa shape index (κ1) is 24.3. The molecule has 1 fully saturated rings. The number of hydrogen-bond donors (Lipinski definition) is 1. The van der Waals surface area contributed by atoms with Gasteiger partial charge in [-0.15, -0.1) is 11.6 Å². The molecule has 1 aliphatic carbocycles. The summed E-state index contributed by atoms with van der Waals surface area (Å²) in [5.41, 5.74) is 0. The molecule has 1 aromatic rings. The third-order valence-corrected chi connectivity index (χ3v) is 5.89. The largest absolute Gasteiger partial charge is 0.493 e. The van der Waals surface area contributed by atoms with Crippen molar-refractivity contribution in [3.8, 4) is 5.75 Å². The summed E-state index contributed by atoms with van der Waals surface area (Å²) in [4.78, 5) is 11.5. The van der Waals surface area contributed by atoms with E-state index in [0.29, 0.717) is 35.2 Å². The number of benzene rings is 1. The van der Waals surface area contributed by atoms with Gasteiger partial charge in [0.1, 0.15) is 5.75 Å². The average Bonchev–Trinajstić information content (AvgIpc) is 2.87. The van der Waals surface area contributed by atoms with Gasteiger partial charge in [-0.2, -0.15) is 0 Å². The van der Waals surface area contributed by atoms with Gasteiger partial charge in [0.25, 0.3) is 0 Å². The number of carbonyl (C=O) groups excluding carboxylic acids is 1. The highest BCUT2D eigenvalue weighted by molar-refractivity contribution is 6.34. The van der Waals surface area contributed by atoms with Gasteiger partial charge in [-0.1, -0.05) is 35.4 Å². The molecule has 1 saturated carbocycles. The van der Waals surface area contributed by atoms with Gasteiger partial charge in [0, 0.05) is 27.8 Å². The molecule has 1 aromatic carbocycles. The molecule has 29 heavy (non-hydrogen) atoms. The van der Waals surface area contributed by atoms with Crippen molar-refractivity contribution in [2.24, 2.45) is 11.8 Å². The highest BCUT2D eigenvalue weighted by Gasteiger charge is 2.41. The highest BCUT2D eigenvalue weighted by atomic mass is 35.5. The van der Waals surface area contributed by atoms with Gasteiger partial charge in [-0.3, -0.25) is 4.79 Å². The van der Waals surface area contributed by atoms with E-state index in [0.717, 1.165) is 19.3 Å². The second kappa shape index (κ2) is 12.0. The predicted octanol–water partition coefficient (Wildman–Crippen LogP) is 6.04. The molecule has 0 radical (unpaired) electrons. The fourth-order valence-electron chi connectivity index (χ4n) is 3.55. The number of esters is 1. The van der Waals surface area contributed by atoms with Gasteiger partial charge < -0.3 is 14.6 Å². The number of allylic oxidation sites excluding steroid dienone is 2. The van der Waals surface area contributed by atoms with Crippen molar-refractivity contribution in [1.29, 1.82) is 0 Å². The monoisotopic (exact) mass is 462 g/mol. The van der Waals surface area contributed by atoms with Crippen LogP contribution >= 0.6 is 34.8 Å². The Kier molecular flexibility index (Phi) is 10.1. The van der Waals surface area contributed by atoms with Crippen LogP contribution in [0.4, 0.5) is 0 Å². The number of ether oxygens (including phenoxy) is 2. The summed E-state index contributed by atoms with van der Waals surface area (Å²) in [5, 5.41) is 11.3. The molecular formula is C22H29Cl3O4. The summed E-state index contributed by atoms with van der Waals surface area (Å²) in [6.45, 7) is 4.04. The molecule has 0 aliphatic heterocycles. The molecule has 2 rings (SSSR count). The Balaban J connectivity index is 1.80. The van der Waals surface area contributed by atoms with E-state index >= 15 is 0 Å². The lowest BCUT2D eigenvalue weighted by Crippen LogP contribution is -2.27. The van der Waals surface area contributed by atoms with Crippen LogP contribution in [0.5, 0.6) is 5.75 Å². The van der Waals surface area contributed by atoms with Crippen LogP contribution in [-0.4, -0.2) is 35.3 Å². The first-order valence-electron chi connectivity index (χ1n) is 10.0. The normalized spacial score (nSPS) is 24.4. The quantitative estimate of drug-likeness (QED) is 0.199. The van der Waals surface area contributed by atoms with Crippen molar-refractivity contribution in [2.45, 2.75) is 63.5 Å². The molecule has 0 aromatic heterocycles. The molecule has 4 atom stereocenters. The van der Waals surface area contributed by atoms with Gasteiger partial charge in [0.05, 0.1) is 18.8 Å². The SMILES string of the molecule is CC(C)OC(=O)CCCC=CC[C@@H]1[C@@H](COc2cc(Cl)cc(Cl)c2)[C@H](O)C[C@H]1Cl. The van der Waals surface area contributed by atoms with Crippen molar-refractivity contribution < 1.29 is 19.4 Å². The maximum atomic E-state index is 11.5. The molecule has 0 amide bonds. The standard InChI is InChI=1S/C22H29Cl3O4/c1-14(2)29-22(27)8-6-4-3-5-7-18-19(21(26)12-20(18)25)13-28-17-10-15(23)9-16(24)11-17/h3,5,9-11,14,18-21,26H,4,6-8,12-13H2,1-2H3/t18-,19-,20-,21-/m1/s1. The highest BCUT2D eigenvalue weighted by Crippen LogP contribution is 2.39. The number of hydrogen-bond acceptors (Lipinski definition) is 4. The summed E-state index contributed by atoms with van der Waals surface area (Å²) in [6.07, 6.45) is 6.84. The van der Waals surface area contributed by atoms with E-state index < -0.39 is 6.10 Å². The van der Waals surface area contributed by atoms with Crippen molar-refractivity contribution in [1.82, 2.24) is 0 Å². The van der Waals surface area contributed by atoms with E-state index in [-0.39, 0.29) is 29.3 Å². The van der Waals surface area contributed by atoms with Gasteiger partial charge in [0.15, 0.2) is 0 Å². The Labute approximate surface area is 188 Å². The molecule has 7 heteroatoms. The van der Waals surface area contributed by atoms with Gasteiger partial charge in [-0.25, -0.2) is 0 Å². The average molecular weight is 464 g/mol. The molecule has 0 bridgehead atoms. The minimum absolute atomic E-state index is 0.0686. The van der Waals surface area contributed by atoms with Gasteiger partial charge in [0.2, 0.25) is 0 Å². The maximum Gasteiger partial charge on any atom is 0.306 e. The maximum absolute atomic E-state index is 11.5. The third kappa shape index (κ3) is 8.37. The fourth-order valence-corrected chi connectivity index (χ4v) is 4.53. The topological polar surface area (TPSA) is 55.8 Å². The molecule has 4 nitrogen and oxygen atoms in total. The van der Waals surface area contributed by atoms with Crippen molar-refractivity contribution in [3.05, 3.63) is 40.4 Å². The van der Waals surface area contributed by atoms with Gasteiger partial charge in [-0.05, 0) is 63.6 Å². The molecule has 1 aliphatic rings. The lowest BCUT2D eigenvalue weighted by atomic mass is 9.92. The first-order valence-corrected chi connectivity index (χ1v) is 11.2. The predicted molar refractivity (Wildman–Crippen MR) is 118 cm³/mol. The Bertz CT molecular complexity index is 672. The lowest BCUT2D eigenvalue weighted by Gasteiger charge is -2.22. The lowest BCUT2D eigenvalue weighted by molar-refractivity contribution is -0.147. The van der Waals surface area contributed by atoms with E-state index in [2.05, 4.69) is 12.2 Å². The van der Waals surface area contributed by atoms with Crippen LogP contribution in [0.25, 0.3) is 0 Å². The molecule has 0 heterocycles. The Morgan fingerprint density at radius 3 is 2.55 bits per heavy atom. The molecular weight excluding hydrogens is 435 g/mol. The summed E-state index contributed by atoms with van der Waals surface area (Å²) in [5.74, 6) is 0.464. The van der Waals surface area contributed by atoms with E-state index in [9.17, 15) is 9.90 Å². The second-order valence-corrected chi connectivity index (χ2v) is 9.13. The summed E-state index contributed by atoms with van der Waals surface area (Å²) >= 11 is 18.5. The van der Waals surface area contributed by atoms with Crippen molar-refractivity contribution in [3.63, 3.8) is 0 Å². The van der Waals surface area contributed by atoms with E-state index in [1.54, 1.807) is 18.2 Å². The molecule has 0 saturated heterocycles. The number of alkyl halides is 1. The van der Waals surface area contributed by atoms with Crippen LogP contribution in [0.2, 0.25) is 10.0 Å². The second-order valence-electron chi connectivity index (χ2n) is 7.70.